The van der Waals surface area contributed by atoms with Crippen molar-refractivity contribution in [1.82, 2.24) is 5.32 Å². The molecular formula is C8H15N. The molecule has 0 heterocycles. The highest BCUT2D eigenvalue weighted by Crippen LogP contribution is 1.76. The fourth-order valence-corrected chi connectivity index (χ4v) is 0.578. The highest BCUT2D eigenvalue weighted by atomic mass is 14.8. The van der Waals surface area contributed by atoms with Gasteiger partial charge in [-0.15, -0.1) is 5.73 Å². The van der Waals surface area contributed by atoms with Crippen molar-refractivity contribution in [3.05, 3.63) is 18.4 Å². The van der Waals surface area contributed by atoms with Gasteiger partial charge in [-0.25, -0.2) is 0 Å². The van der Waals surface area contributed by atoms with Crippen molar-refractivity contribution in [2.24, 2.45) is 0 Å². The van der Waals surface area contributed by atoms with Crippen molar-refractivity contribution < 1.29 is 0 Å². The summed E-state index contributed by atoms with van der Waals surface area (Å²) in [5.74, 6) is 0. The van der Waals surface area contributed by atoms with Crippen molar-refractivity contribution in [1.29, 1.82) is 0 Å². The molecule has 0 saturated heterocycles. The van der Waals surface area contributed by atoms with E-state index in [9.17, 15) is 0 Å². The molecule has 52 valence electrons. The lowest BCUT2D eigenvalue weighted by molar-refractivity contribution is 0.678. The SMILES string of the molecule is C=C=CCCNCCC. The predicted octanol–water partition coefficient (Wildman–Crippen LogP) is 1.72. The maximum Gasteiger partial charge on any atom is -0.000817 e. The van der Waals surface area contributed by atoms with Crippen LogP contribution in [0, 0.1) is 0 Å². The summed E-state index contributed by atoms with van der Waals surface area (Å²) >= 11 is 0. The van der Waals surface area contributed by atoms with Gasteiger partial charge in [-0.3, -0.25) is 0 Å². The minimum Gasteiger partial charge on any atom is -0.316 e. The summed E-state index contributed by atoms with van der Waals surface area (Å²) in [5.41, 5.74) is 2.73. The molecule has 0 saturated carbocycles. The van der Waals surface area contributed by atoms with E-state index in [1.54, 1.807) is 0 Å². The minimum atomic E-state index is 1.05. The van der Waals surface area contributed by atoms with Crippen LogP contribution in [0.1, 0.15) is 19.8 Å². The molecule has 0 rings (SSSR count). The fourth-order valence-electron chi connectivity index (χ4n) is 0.578. The monoisotopic (exact) mass is 125 g/mol. The summed E-state index contributed by atoms with van der Waals surface area (Å²) in [6, 6.07) is 0. The normalized spacial score (nSPS) is 8.56. The Kier molecular flexibility index (Phi) is 7.05. The van der Waals surface area contributed by atoms with Crippen LogP contribution >= 0.6 is 0 Å². The number of rotatable bonds is 5. The third-order valence-corrected chi connectivity index (χ3v) is 1.04. The molecule has 0 aromatic rings. The zero-order chi connectivity index (χ0) is 6.95. The van der Waals surface area contributed by atoms with E-state index in [1.807, 2.05) is 6.08 Å². The Morgan fingerprint density at radius 2 is 2.33 bits per heavy atom. The van der Waals surface area contributed by atoms with Crippen LogP contribution < -0.4 is 5.32 Å². The lowest BCUT2D eigenvalue weighted by Gasteiger charge is -1.96. The van der Waals surface area contributed by atoms with Crippen LogP contribution in [0.2, 0.25) is 0 Å². The molecule has 0 amide bonds. The topological polar surface area (TPSA) is 12.0 Å². The zero-order valence-corrected chi connectivity index (χ0v) is 6.11. The molecule has 1 N–H and O–H groups in total. The highest BCUT2D eigenvalue weighted by Gasteiger charge is 1.79. The van der Waals surface area contributed by atoms with Crippen molar-refractivity contribution >= 4 is 0 Å². The molecule has 9 heavy (non-hydrogen) atoms. The first-order valence-electron chi connectivity index (χ1n) is 3.46. The van der Waals surface area contributed by atoms with Crippen molar-refractivity contribution in [2.45, 2.75) is 19.8 Å². The van der Waals surface area contributed by atoms with Crippen molar-refractivity contribution in [3.63, 3.8) is 0 Å². The molecule has 0 aromatic heterocycles. The van der Waals surface area contributed by atoms with Crippen LogP contribution in [-0.2, 0) is 0 Å². The van der Waals surface area contributed by atoms with Gasteiger partial charge < -0.3 is 5.32 Å². The van der Waals surface area contributed by atoms with Gasteiger partial charge in [-0.1, -0.05) is 13.5 Å². The highest BCUT2D eigenvalue weighted by molar-refractivity contribution is 4.75. The maximum absolute atomic E-state index is 3.47. The maximum atomic E-state index is 3.47. The average molecular weight is 125 g/mol. The number of nitrogens with one attached hydrogen (secondary N) is 1. The molecule has 1 nitrogen and oxygen atoms in total. The van der Waals surface area contributed by atoms with Crippen molar-refractivity contribution in [2.75, 3.05) is 13.1 Å². The minimum absolute atomic E-state index is 1.05. The Bertz CT molecular complexity index is 90.7. The Hall–Kier alpha value is -0.520. The third-order valence-electron chi connectivity index (χ3n) is 1.04. The Labute approximate surface area is 57.5 Å². The van der Waals surface area contributed by atoms with Gasteiger partial charge in [0.05, 0.1) is 0 Å². The second kappa shape index (κ2) is 7.48. The largest absolute Gasteiger partial charge is 0.316 e. The van der Waals surface area contributed by atoms with E-state index in [0.29, 0.717) is 0 Å². The van der Waals surface area contributed by atoms with E-state index in [1.165, 1.54) is 6.42 Å². The van der Waals surface area contributed by atoms with Crippen LogP contribution in [0.5, 0.6) is 0 Å². The molecule has 0 aliphatic carbocycles. The van der Waals surface area contributed by atoms with Crippen LogP contribution in [0.15, 0.2) is 18.4 Å². The number of hydrogen-bond acceptors (Lipinski definition) is 1. The molecule has 0 unspecified atom stereocenters. The Morgan fingerprint density at radius 3 is 2.89 bits per heavy atom. The van der Waals surface area contributed by atoms with E-state index in [-0.39, 0.29) is 0 Å². The molecule has 0 aliphatic heterocycles. The summed E-state index contributed by atoms with van der Waals surface area (Å²) in [6.45, 7) is 7.80. The molecular weight excluding hydrogens is 110 g/mol. The van der Waals surface area contributed by atoms with E-state index in [4.69, 9.17) is 0 Å². The van der Waals surface area contributed by atoms with Gasteiger partial charge >= 0.3 is 0 Å². The summed E-state index contributed by atoms with van der Waals surface area (Å²) in [6.07, 6.45) is 4.20. The quantitative estimate of drug-likeness (QED) is 0.436. The van der Waals surface area contributed by atoms with Gasteiger partial charge in [-0.05, 0) is 32.0 Å². The van der Waals surface area contributed by atoms with E-state index in [0.717, 1.165) is 19.5 Å². The van der Waals surface area contributed by atoms with Crippen molar-refractivity contribution in [3.8, 4) is 0 Å². The van der Waals surface area contributed by atoms with Crippen LogP contribution in [-0.4, -0.2) is 13.1 Å². The van der Waals surface area contributed by atoms with Gasteiger partial charge in [-0.2, -0.15) is 0 Å². The summed E-state index contributed by atoms with van der Waals surface area (Å²) < 4.78 is 0. The first-order valence-corrected chi connectivity index (χ1v) is 3.46. The van der Waals surface area contributed by atoms with Gasteiger partial charge in [0.1, 0.15) is 0 Å². The lowest BCUT2D eigenvalue weighted by atomic mass is 10.4. The fraction of sp³-hybridized carbons (Fsp3) is 0.625. The zero-order valence-electron chi connectivity index (χ0n) is 6.11. The van der Waals surface area contributed by atoms with Gasteiger partial charge in [0.2, 0.25) is 0 Å². The standard InChI is InChI=1S/C8H15N/c1-3-5-6-8-9-7-4-2/h5,9H,1,4,6-8H2,2H3. The molecule has 0 bridgehead atoms. The Balaban J connectivity index is 2.82. The summed E-state index contributed by atoms with van der Waals surface area (Å²) in [7, 11) is 0. The molecule has 0 aliphatic rings. The average Bonchev–Trinajstić information content (AvgIpc) is 1.89. The summed E-state index contributed by atoms with van der Waals surface area (Å²) in [4.78, 5) is 0. The summed E-state index contributed by atoms with van der Waals surface area (Å²) in [5, 5.41) is 3.27. The lowest BCUT2D eigenvalue weighted by Crippen LogP contribution is -2.14. The van der Waals surface area contributed by atoms with E-state index >= 15 is 0 Å². The van der Waals surface area contributed by atoms with Crippen LogP contribution in [0.4, 0.5) is 0 Å². The second-order valence-electron chi connectivity index (χ2n) is 1.95. The molecule has 0 spiro atoms. The van der Waals surface area contributed by atoms with Gasteiger partial charge in [0.25, 0.3) is 0 Å². The molecule has 0 aromatic carbocycles. The van der Waals surface area contributed by atoms with Crippen LogP contribution in [0.25, 0.3) is 0 Å². The predicted molar refractivity (Wildman–Crippen MR) is 41.5 cm³/mol. The van der Waals surface area contributed by atoms with Gasteiger partial charge in [0, 0.05) is 0 Å². The third kappa shape index (κ3) is 7.48. The molecule has 1 heteroatoms. The van der Waals surface area contributed by atoms with E-state index in [2.05, 4.69) is 24.6 Å². The molecule has 0 atom stereocenters. The number of hydrogen-bond donors (Lipinski definition) is 1. The first-order chi connectivity index (χ1) is 4.41. The Morgan fingerprint density at radius 1 is 1.56 bits per heavy atom. The first kappa shape index (κ1) is 8.48. The smallest absolute Gasteiger partial charge is 0.000817 e. The van der Waals surface area contributed by atoms with Gasteiger partial charge in [0.15, 0.2) is 0 Å². The molecule has 0 fully saturated rings. The molecule has 0 radical (unpaired) electrons. The van der Waals surface area contributed by atoms with Crippen LogP contribution in [0.3, 0.4) is 0 Å². The van der Waals surface area contributed by atoms with E-state index < -0.39 is 0 Å². The second-order valence-corrected chi connectivity index (χ2v) is 1.95.